The maximum absolute atomic E-state index is 14.9. The van der Waals surface area contributed by atoms with Crippen molar-refractivity contribution in [3.05, 3.63) is 70.9 Å². The Labute approximate surface area is 183 Å². The maximum Gasteiger partial charge on any atom is 0.260 e. The molecule has 0 saturated heterocycles. The van der Waals surface area contributed by atoms with Crippen molar-refractivity contribution in [3.63, 3.8) is 0 Å². The molecule has 0 spiro atoms. The lowest BCUT2D eigenvalue weighted by Crippen LogP contribution is -2.11. The third kappa shape index (κ3) is 2.96. The molecule has 6 rings (SSSR count). The second kappa shape index (κ2) is 6.77. The SMILES string of the molecule is O=C1Nc2cc(F)c(-c3ccc(C4(CO)CC4)cc3)cc2/C1=C(/O)c1cc(C2CC2)no1. The van der Waals surface area contributed by atoms with Crippen LogP contribution in [0.5, 0.6) is 0 Å². The molecule has 2 aliphatic carbocycles. The Hall–Kier alpha value is -3.45. The van der Waals surface area contributed by atoms with E-state index in [9.17, 15) is 19.4 Å². The lowest BCUT2D eigenvalue weighted by Gasteiger charge is -2.13. The quantitative estimate of drug-likeness (QED) is 0.399. The van der Waals surface area contributed by atoms with Gasteiger partial charge in [0.2, 0.25) is 5.76 Å². The van der Waals surface area contributed by atoms with E-state index < -0.39 is 11.7 Å². The van der Waals surface area contributed by atoms with E-state index in [1.54, 1.807) is 12.1 Å². The van der Waals surface area contributed by atoms with E-state index in [2.05, 4.69) is 10.5 Å². The van der Waals surface area contributed by atoms with Gasteiger partial charge in [0.1, 0.15) is 5.82 Å². The fourth-order valence-electron chi connectivity index (χ4n) is 4.43. The topological polar surface area (TPSA) is 95.6 Å². The summed E-state index contributed by atoms with van der Waals surface area (Å²) in [5.74, 6) is -0.839. The van der Waals surface area contributed by atoms with Gasteiger partial charge >= 0.3 is 0 Å². The molecule has 0 unspecified atom stereocenters. The molecule has 32 heavy (non-hydrogen) atoms. The van der Waals surface area contributed by atoms with Gasteiger partial charge in [-0.1, -0.05) is 29.4 Å². The number of rotatable bonds is 5. The lowest BCUT2D eigenvalue weighted by molar-refractivity contribution is -0.110. The molecule has 3 aliphatic rings. The molecule has 1 aliphatic heterocycles. The summed E-state index contributed by atoms with van der Waals surface area (Å²) in [6.07, 6.45) is 3.96. The predicted octanol–water partition coefficient (Wildman–Crippen LogP) is 4.76. The van der Waals surface area contributed by atoms with E-state index in [1.165, 1.54) is 6.07 Å². The van der Waals surface area contributed by atoms with Gasteiger partial charge in [-0.25, -0.2) is 4.39 Å². The Kier molecular flexibility index (Phi) is 4.07. The van der Waals surface area contributed by atoms with Crippen LogP contribution in [0.4, 0.5) is 10.1 Å². The number of nitrogens with one attached hydrogen (secondary N) is 1. The van der Waals surface area contributed by atoms with Gasteiger partial charge in [0, 0.05) is 28.5 Å². The van der Waals surface area contributed by atoms with Crippen molar-refractivity contribution < 1.29 is 23.9 Å². The number of fused-ring (bicyclic) bond motifs is 1. The van der Waals surface area contributed by atoms with E-state index in [1.807, 2.05) is 24.3 Å². The number of halogens is 1. The molecule has 0 bridgehead atoms. The summed E-state index contributed by atoms with van der Waals surface area (Å²) in [6, 6.07) is 12.0. The first-order valence-electron chi connectivity index (χ1n) is 10.8. The molecule has 3 N–H and O–H groups in total. The number of anilines is 1. The van der Waals surface area contributed by atoms with Gasteiger partial charge in [0.15, 0.2) is 5.76 Å². The van der Waals surface area contributed by atoms with Gasteiger partial charge in [0.25, 0.3) is 5.91 Å². The maximum atomic E-state index is 14.9. The first-order valence-corrected chi connectivity index (χ1v) is 10.8. The van der Waals surface area contributed by atoms with Crippen molar-refractivity contribution in [2.24, 2.45) is 0 Å². The fraction of sp³-hybridized carbons (Fsp3) is 0.280. The molecule has 2 aromatic carbocycles. The van der Waals surface area contributed by atoms with Crippen LogP contribution in [0.1, 0.15) is 54.2 Å². The molecule has 2 fully saturated rings. The number of aliphatic hydroxyl groups excluding tert-OH is 2. The monoisotopic (exact) mass is 432 g/mol. The summed E-state index contributed by atoms with van der Waals surface area (Å²) < 4.78 is 20.2. The average Bonchev–Trinajstić information content (AvgIpc) is 3.72. The number of aliphatic hydroxyl groups is 2. The molecule has 6 nitrogen and oxygen atoms in total. The predicted molar refractivity (Wildman–Crippen MR) is 116 cm³/mol. The van der Waals surface area contributed by atoms with Gasteiger partial charge in [-0.2, -0.15) is 0 Å². The molecule has 0 radical (unpaired) electrons. The number of amides is 1. The summed E-state index contributed by atoms with van der Waals surface area (Å²) in [6.45, 7) is 0.102. The number of benzene rings is 2. The fourth-order valence-corrected chi connectivity index (χ4v) is 4.43. The third-order valence-electron chi connectivity index (χ3n) is 6.81. The van der Waals surface area contributed by atoms with Crippen LogP contribution in [0, 0.1) is 5.82 Å². The lowest BCUT2D eigenvalue weighted by atomic mass is 9.93. The van der Waals surface area contributed by atoms with Crippen LogP contribution >= 0.6 is 0 Å². The van der Waals surface area contributed by atoms with Crippen molar-refractivity contribution in [1.29, 1.82) is 0 Å². The van der Waals surface area contributed by atoms with Crippen molar-refractivity contribution in [1.82, 2.24) is 5.16 Å². The Balaban J connectivity index is 1.40. The van der Waals surface area contributed by atoms with Crippen LogP contribution in [0.25, 0.3) is 22.5 Å². The van der Waals surface area contributed by atoms with Crippen molar-refractivity contribution in [3.8, 4) is 11.1 Å². The molecule has 162 valence electrons. The van der Waals surface area contributed by atoms with Crippen molar-refractivity contribution in [2.45, 2.75) is 37.0 Å². The zero-order valence-corrected chi connectivity index (χ0v) is 17.2. The van der Waals surface area contributed by atoms with E-state index >= 15 is 0 Å². The standard InChI is InChI=1S/C25H21FN2O4/c26-18-10-20-17(9-16(18)13-3-5-15(6-4-13)25(12-29)7-8-25)22(24(31)27-20)23(30)21-11-19(28-32-21)14-1-2-14/h3-6,9-11,14,29-30H,1-2,7-8,12H2,(H,27,31)/b23-22-. The molecule has 7 heteroatoms. The van der Waals surface area contributed by atoms with Gasteiger partial charge in [0.05, 0.1) is 23.6 Å². The Morgan fingerprint density at radius 1 is 1.16 bits per heavy atom. The minimum atomic E-state index is -0.521. The van der Waals surface area contributed by atoms with E-state index in [0.29, 0.717) is 28.3 Å². The highest BCUT2D eigenvalue weighted by atomic mass is 19.1. The zero-order chi connectivity index (χ0) is 22.0. The second-order valence-corrected chi connectivity index (χ2v) is 8.96. The van der Waals surface area contributed by atoms with Crippen LogP contribution in [0.2, 0.25) is 0 Å². The highest BCUT2D eigenvalue weighted by Gasteiger charge is 2.43. The van der Waals surface area contributed by atoms with Gasteiger partial charge < -0.3 is 20.1 Å². The first-order chi connectivity index (χ1) is 15.5. The van der Waals surface area contributed by atoms with Crippen LogP contribution in [0.15, 0.2) is 47.0 Å². The van der Waals surface area contributed by atoms with Gasteiger partial charge in [-0.05, 0) is 48.9 Å². The summed E-state index contributed by atoms with van der Waals surface area (Å²) in [5.41, 5.74) is 3.36. The zero-order valence-electron chi connectivity index (χ0n) is 17.2. The molecule has 1 amide bonds. The minimum Gasteiger partial charge on any atom is -0.504 e. The normalized spacial score (nSPS) is 20.1. The minimum absolute atomic E-state index is 0.0357. The first kappa shape index (κ1) is 19.3. The summed E-state index contributed by atoms with van der Waals surface area (Å²) in [4.78, 5) is 12.6. The Bertz CT molecular complexity index is 1280. The molecule has 1 aromatic heterocycles. The molecule has 2 saturated carbocycles. The Morgan fingerprint density at radius 3 is 2.56 bits per heavy atom. The second-order valence-electron chi connectivity index (χ2n) is 8.96. The van der Waals surface area contributed by atoms with E-state index in [0.717, 1.165) is 36.9 Å². The molecule has 3 aromatic rings. The largest absolute Gasteiger partial charge is 0.504 e. The number of hydrogen-bond acceptors (Lipinski definition) is 5. The molecule has 2 heterocycles. The number of carbonyl (C=O) groups excluding carboxylic acids is 1. The Morgan fingerprint density at radius 2 is 1.91 bits per heavy atom. The van der Waals surface area contributed by atoms with Gasteiger partial charge in [-0.15, -0.1) is 0 Å². The van der Waals surface area contributed by atoms with Crippen molar-refractivity contribution >= 4 is 22.9 Å². The van der Waals surface area contributed by atoms with Crippen LogP contribution in [-0.4, -0.2) is 27.9 Å². The molecular weight excluding hydrogens is 411 g/mol. The average molecular weight is 432 g/mol. The summed E-state index contributed by atoms with van der Waals surface area (Å²) in [5, 5.41) is 27.1. The van der Waals surface area contributed by atoms with E-state index in [4.69, 9.17) is 4.52 Å². The van der Waals surface area contributed by atoms with Crippen LogP contribution in [0.3, 0.4) is 0 Å². The number of carbonyl (C=O) groups is 1. The highest BCUT2D eigenvalue weighted by Crippen LogP contribution is 2.48. The highest BCUT2D eigenvalue weighted by molar-refractivity contribution is 6.36. The van der Waals surface area contributed by atoms with E-state index in [-0.39, 0.29) is 29.1 Å². The number of nitrogens with zero attached hydrogens (tertiary/aromatic N) is 1. The summed E-state index contributed by atoms with van der Waals surface area (Å²) >= 11 is 0. The number of aromatic nitrogens is 1. The molecular formula is C25H21FN2O4. The van der Waals surface area contributed by atoms with Gasteiger partial charge in [-0.3, -0.25) is 4.79 Å². The van der Waals surface area contributed by atoms with Crippen LogP contribution < -0.4 is 5.32 Å². The molecule has 0 atom stereocenters. The summed E-state index contributed by atoms with van der Waals surface area (Å²) in [7, 11) is 0. The van der Waals surface area contributed by atoms with Crippen LogP contribution in [-0.2, 0) is 10.2 Å². The third-order valence-corrected chi connectivity index (χ3v) is 6.81. The smallest absolute Gasteiger partial charge is 0.260 e. The van der Waals surface area contributed by atoms with Crippen molar-refractivity contribution in [2.75, 3.05) is 11.9 Å². The number of hydrogen-bond donors (Lipinski definition) is 3.